The number of hydrogen-bond acceptors (Lipinski definition) is 2. The fourth-order valence-electron chi connectivity index (χ4n) is 7.73. The van der Waals surface area contributed by atoms with Gasteiger partial charge in [0.25, 0.3) is 0 Å². The number of nitrogens with zero attached hydrogens (tertiary/aromatic N) is 1. The summed E-state index contributed by atoms with van der Waals surface area (Å²) < 4.78 is 6.22. The highest BCUT2D eigenvalue weighted by Gasteiger charge is 2.18. The van der Waals surface area contributed by atoms with Gasteiger partial charge >= 0.3 is 0 Å². The number of hydrogen-bond donors (Lipinski definition) is 0. The molecule has 0 atom stereocenters. The minimum Gasteiger partial charge on any atom is -0.456 e. The third kappa shape index (κ3) is 5.81. The van der Waals surface area contributed by atoms with Crippen molar-refractivity contribution >= 4 is 49.6 Å². The van der Waals surface area contributed by atoms with Crippen LogP contribution in [0.2, 0.25) is 0 Å². The Hall–Kier alpha value is -7.16. The Morgan fingerprint density at radius 1 is 0.315 bits per heavy atom. The van der Waals surface area contributed by atoms with Gasteiger partial charge in [0.1, 0.15) is 11.3 Å². The van der Waals surface area contributed by atoms with Crippen LogP contribution >= 0.6 is 0 Å². The number of fused-ring (bicyclic) bond motifs is 4. The fourth-order valence-corrected chi connectivity index (χ4v) is 7.73. The third-order valence-electron chi connectivity index (χ3n) is 10.5. The number of anilines is 3. The maximum Gasteiger partial charge on any atom is 0.135 e. The maximum atomic E-state index is 6.22. The molecule has 0 aliphatic rings. The number of para-hydroxylation sites is 2. The molecule has 0 aliphatic carbocycles. The first-order valence-corrected chi connectivity index (χ1v) is 18.4. The van der Waals surface area contributed by atoms with Crippen LogP contribution < -0.4 is 4.90 Å². The van der Waals surface area contributed by atoms with Gasteiger partial charge in [0.15, 0.2) is 0 Å². The SMILES string of the molecule is c1ccc(-c2ccc(-c3ccccc3N(c3ccc(-c4cccc(-c5cc6ccccc6o5)c4)cc3)c3ccc4c(ccc5ccccc54)c3)cc2)cc1. The topological polar surface area (TPSA) is 16.4 Å². The first kappa shape index (κ1) is 31.6. The van der Waals surface area contributed by atoms with Crippen molar-refractivity contribution in [3.8, 4) is 44.7 Å². The Kier molecular flexibility index (Phi) is 7.85. The monoisotopic (exact) mass is 689 g/mol. The molecular formula is C52H35NO. The van der Waals surface area contributed by atoms with Gasteiger partial charge in [0, 0.05) is 27.9 Å². The maximum absolute atomic E-state index is 6.22. The van der Waals surface area contributed by atoms with E-state index in [1.165, 1.54) is 43.8 Å². The Morgan fingerprint density at radius 2 is 0.907 bits per heavy atom. The molecule has 1 aromatic heterocycles. The summed E-state index contributed by atoms with van der Waals surface area (Å²) in [5.41, 5.74) is 12.3. The minimum atomic E-state index is 0.873. The molecule has 0 radical (unpaired) electrons. The van der Waals surface area contributed by atoms with Gasteiger partial charge in [-0.15, -0.1) is 0 Å². The van der Waals surface area contributed by atoms with E-state index in [-0.39, 0.29) is 0 Å². The molecule has 54 heavy (non-hydrogen) atoms. The van der Waals surface area contributed by atoms with Gasteiger partial charge in [-0.2, -0.15) is 0 Å². The molecule has 0 aliphatic heterocycles. The van der Waals surface area contributed by atoms with E-state index in [9.17, 15) is 0 Å². The van der Waals surface area contributed by atoms with Crippen molar-refractivity contribution in [3.63, 3.8) is 0 Å². The Labute approximate surface area is 314 Å². The summed E-state index contributed by atoms with van der Waals surface area (Å²) in [6.07, 6.45) is 0. The molecule has 0 fully saturated rings. The summed E-state index contributed by atoms with van der Waals surface area (Å²) in [7, 11) is 0. The lowest BCUT2D eigenvalue weighted by molar-refractivity contribution is 0.631. The molecule has 2 nitrogen and oxygen atoms in total. The van der Waals surface area contributed by atoms with Crippen LogP contribution in [0.1, 0.15) is 0 Å². The van der Waals surface area contributed by atoms with E-state index in [1.807, 2.05) is 18.2 Å². The quantitative estimate of drug-likeness (QED) is 0.155. The van der Waals surface area contributed by atoms with E-state index in [0.717, 1.165) is 50.5 Å². The Bertz CT molecular complexity index is 2890. The summed E-state index contributed by atoms with van der Waals surface area (Å²) in [6, 6.07) is 76.0. The van der Waals surface area contributed by atoms with Gasteiger partial charge in [-0.05, 0) is 97.9 Å². The fraction of sp³-hybridized carbons (Fsp3) is 0. The molecule has 254 valence electrons. The zero-order chi connectivity index (χ0) is 35.8. The van der Waals surface area contributed by atoms with E-state index in [4.69, 9.17) is 4.42 Å². The molecule has 9 aromatic carbocycles. The van der Waals surface area contributed by atoms with Crippen LogP contribution in [0.4, 0.5) is 17.1 Å². The van der Waals surface area contributed by atoms with E-state index < -0.39 is 0 Å². The normalized spacial score (nSPS) is 11.3. The van der Waals surface area contributed by atoms with Crippen LogP contribution in [-0.4, -0.2) is 0 Å². The molecule has 10 rings (SSSR count). The van der Waals surface area contributed by atoms with Crippen LogP contribution in [0.3, 0.4) is 0 Å². The highest BCUT2D eigenvalue weighted by atomic mass is 16.3. The average molecular weight is 690 g/mol. The van der Waals surface area contributed by atoms with Crippen molar-refractivity contribution in [2.24, 2.45) is 0 Å². The van der Waals surface area contributed by atoms with Crippen LogP contribution in [0.25, 0.3) is 77.2 Å². The first-order chi connectivity index (χ1) is 26.7. The molecule has 0 spiro atoms. The Morgan fingerprint density at radius 3 is 1.76 bits per heavy atom. The standard InChI is InChI=1S/C52H35NO/c1-2-11-36(12-3-1)37-21-23-40(24-22-37)49-18-7-8-19-50(49)53(46-31-32-48-42(34-46)26-25-39-13-4-6-17-47(39)48)45-29-27-38(28-30-45)41-15-10-16-43(33-41)52-35-44-14-5-9-20-51(44)54-52/h1-35H. The van der Waals surface area contributed by atoms with Crippen LogP contribution in [0.15, 0.2) is 217 Å². The second-order valence-electron chi connectivity index (χ2n) is 13.8. The lowest BCUT2D eigenvalue weighted by atomic mass is 9.97. The van der Waals surface area contributed by atoms with Crippen LogP contribution in [0, 0.1) is 0 Å². The average Bonchev–Trinajstić information content (AvgIpc) is 3.69. The smallest absolute Gasteiger partial charge is 0.135 e. The summed E-state index contributed by atoms with van der Waals surface area (Å²) in [5, 5.41) is 6.08. The number of benzene rings is 9. The van der Waals surface area contributed by atoms with Crippen molar-refractivity contribution in [2.75, 3.05) is 4.90 Å². The molecule has 2 heteroatoms. The molecule has 1 heterocycles. The van der Waals surface area contributed by atoms with E-state index in [2.05, 4.69) is 199 Å². The predicted octanol–water partition coefficient (Wildman–Crippen LogP) is 14.9. The first-order valence-electron chi connectivity index (χ1n) is 18.4. The van der Waals surface area contributed by atoms with Gasteiger partial charge in [0.2, 0.25) is 0 Å². The van der Waals surface area contributed by atoms with Crippen molar-refractivity contribution in [2.45, 2.75) is 0 Å². The van der Waals surface area contributed by atoms with Crippen molar-refractivity contribution in [1.82, 2.24) is 0 Å². The molecule has 0 saturated carbocycles. The molecular weight excluding hydrogens is 655 g/mol. The Balaban J connectivity index is 1.07. The van der Waals surface area contributed by atoms with Crippen molar-refractivity contribution in [1.29, 1.82) is 0 Å². The zero-order valence-electron chi connectivity index (χ0n) is 29.6. The predicted molar refractivity (Wildman–Crippen MR) is 228 cm³/mol. The minimum absolute atomic E-state index is 0.873. The molecule has 0 N–H and O–H groups in total. The summed E-state index contributed by atoms with van der Waals surface area (Å²) in [6.45, 7) is 0. The van der Waals surface area contributed by atoms with Crippen LogP contribution in [0.5, 0.6) is 0 Å². The highest BCUT2D eigenvalue weighted by molar-refractivity contribution is 6.08. The van der Waals surface area contributed by atoms with E-state index >= 15 is 0 Å². The number of rotatable bonds is 7. The van der Waals surface area contributed by atoms with Gasteiger partial charge in [0.05, 0.1) is 5.69 Å². The van der Waals surface area contributed by atoms with Crippen molar-refractivity contribution < 1.29 is 4.42 Å². The van der Waals surface area contributed by atoms with Crippen LogP contribution in [-0.2, 0) is 0 Å². The lowest BCUT2D eigenvalue weighted by Gasteiger charge is -2.28. The van der Waals surface area contributed by atoms with Gasteiger partial charge in [-0.3, -0.25) is 0 Å². The molecule has 10 aromatic rings. The van der Waals surface area contributed by atoms with Crippen molar-refractivity contribution in [3.05, 3.63) is 212 Å². The number of furan rings is 1. The second-order valence-corrected chi connectivity index (χ2v) is 13.8. The molecule has 0 unspecified atom stereocenters. The molecule has 0 bridgehead atoms. The molecule has 0 saturated heterocycles. The van der Waals surface area contributed by atoms with E-state index in [0.29, 0.717) is 0 Å². The lowest BCUT2D eigenvalue weighted by Crippen LogP contribution is -2.11. The summed E-state index contributed by atoms with van der Waals surface area (Å²) >= 11 is 0. The zero-order valence-corrected chi connectivity index (χ0v) is 29.6. The third-order valence-corrected chi connectivity index (χ3v) is 10.5. The molecule has 0 amide bonds. The van der Waals surface area contributed by atoms with E-state index in [1.54, 1.807) is 0 Å². The second kappa shape index (κ2) is 13.4. The largest absolute Gasteiger partial charge is 0.456 e. The van der Waals surface area contributed by atoms with Gasteiger partial charge < -0.3 is 9.32 Å². The summed E-state index contributed by atoms with van der Waals surface area (Å²) in [5.74, 6) is 0.873. The highest BCUT2D eigenvalue weighted by Crippen LogP contribution is 2.43. The van der Waals surface area contributed by atoms with Gasteiger partial charge in [-0.1, -0.05) is 164 Å². The summed E-state index contributed by atoms with van der Waals surface area (Å²) in [4.78, 5) is 2.39. The van der Waals surface area contributed by atoms with Gasteiger partial charge in [-0.25, -0.2) is 0 Å².